The van der Waals surface area contributed by atoms with Crippen molar-refractivity contribution in [1.82, 2.24) is 0 Å². The van der Waals surface area contributed by atoms with Crippen molar-refractivity contribution in [3.05, 3.63) is 35.1 Å². The first-order valence-electron chi connectivity index (χ1n) is 8.66. The Morgan fingerprint density at radius 2 is 1.61 bits per heavy atom. The molecular weight excluding hydrogens is 301 g/mol. The number of carbonyl (C=O) groups is 1. The van der Waals surface area contributed by atoms with Crippen LogP contribution in [0, 0.1) is 35.2 Å². The Kier molecular flexibility index (Phi) is 5.08. The Morgan fingerprint density at radius 1 is 0.957 bits per heavy atom. The van der Waals surface area contributed by atoms with Crippen LogP contribution in [0.2, 0.25) is 0 Å². The van der Waals surface area contributed by atoms with Crippen LogP contribution in [0.15, 0.2) is 12.1 Å². The van der Waals surface area contributed by atoms with Gasteiger partial charge in [0.1, 0.15) is 6.29 Å². The van der Waals surface area contributed by atoms with E-state index >= 15 is 0 Å². The highest BCUT2D eigenvalue weighted by Crippen LogP contribution is 2.48. The first-order chi connectivity index (χ1) is 11.1. The first kappa shape index (κ1) is 16.5. The number of hydrogen-bond donors (Lipinski definition) is 0. The average molecular weight is 324 g/mol. The van der Waals surface area contributed by atoms with Gasteiger partial charge in [0.25, 0.3) is 0 Å². The van der Waals surface area contributed by atoms with Gasteiger partial charge in [-0.05, 0) is 79.9 Å². The van der Waals surface area contributed by atoms with E-state index < -0.39 is 17.5 Å². The van der Waals surface area contributed by atoms with Crippen LogP contribution in [0.25, 0.3) is 0 Å². The van der Waals surface area contributed by atoms with Crippen molar-refractivity contribution in [3.8, 4) is 0 Å². The zero-order chi connectivity index (χ0) is 16.4. The Hall–Kier alpha value is -1.32. The molecule has 4 heteroatoms. The lowest BCUT2D eigenvalue weighted by Crippen LogP contribution is -2.30. The summed E-state index contributed by atoms with van der Waals surface area (Å²) in [4.78, 5) is 10.5. The van der Waals surface area contributed by atoms with Crippen molar-refractivity contribution in [2.75, 3.05) is 0 Å². The van der Waals surface area contributed by atoms with Crippen molar-refractivity contribution < 1.29 is 18.0 Å². The molecule has 23 heavy (non-hydrogen) atoms. The fourth-order valence-electron chi connectivity index (χ4n) is 4.67. The van der Waals surface area contributed by atoms with Crippen molar-refractivity contribution in [3.63, 3.8) is 0 Å². The monoisotopic (exact) mass is 324 g/mol. The third-order valence-corrected chi connectivity index (χ3v) is 5.89. The molecule has 0 saturated heterocycles. The molecule has 0 aliphatic heterocycles. The normalized spacial score (nSPS) is 30.7. The van der Waals surface area contributed by atoms with Gasteiger partial charge >= 0.3 is 0 Å². The minimum Gasteiger partial charge on any atom is -0.303 e. The summed E-state index contributed by atoms with van der Waals surface area (Å²) in [5, 5.41) is 0. The van der Waals surface area contributed by atoms with Crippen molar-refractivity contribution >= 4 is 6.29 Å². The zero-order valence-electron chi connectivity index (χ0n) is 13.2. The highest BCUT2D eigenvalue weighted by Gasteiger charge is 2.36. The molecule has 0 N–H and O–H groups in total. The lowest BCUT2D eigenvalue weighted by Gasteiger charge is -2.42. The molecule has 2 fully saturated rings. The number of carbonyl (C=O) groups excluding carboxylic acids is 1. The van der Waals surface area contributed by atoms with Crippen LogP contribution in [0.5, 0.6) is 0 Å². The smallest absolute Gasteiger partial charge is 0.194 e. The topological polar surface area (TPSA) is 17.1 Å². The molecule has 4 atom stereocenters. The molecule has 0 spiro atoms. The van der Waals surface area contributed by atoms with E-state index in [9.17, 15) is 18.0 Å². The van der Waals surface area contributed by atoms with Gasteiger partial charge in [-0.1, -0.05) is 6.42 Å². The molecule has 0 heterocycles. The number of rotatable bonds is 4. The SMILES string of the molecule is O=CCC[C@@H]1CC[C@@H]2CC(c3cc(F)c(F)c(F)c3)CC[C@@H]2C1. The molecule has 2 saturated carbocycles. The summed E-state index contributed by atoms with van der Waals surface area (Å²) in [6.45, 7) is 0. The Bertz CT molecular complexity index is 549. The maximum atomic E-state index is 13.5. The minimum absolute atomic E-state index is 0.132. The van der Waals surface area contributed by atoms with E-state index in [1.165, 1.54) is 18.6 Å². The maximum Gasteiger partial charge on any atom is 0.194 e. The van der Waals surface area contributed by atoms with Crippen LogP contribution < -0.4 is 0 Å². The summed E-state index contributed by atoms with van der Waals surface area (Å²) in [5.74, 6) is -1.49. The zero-order valence-corrected chi connectivity index (χ0v) is 13.2. The predicted molar refractivity (Wildman–Crippen MR) is 82.5 cm³/mol. The second-order valence-corrected chi connectivity index (χ2v) is 7.25. The van der Waals surface area contributed by atoms with Crippen molar-refractivity contribution in [2.45, 2.75) is 57.3 Å². The largest absolute Gasteiger partial charge is 0.303 e. The van der Waals surface area contributed by atoms with E-state index in [0.29, 0.717) is 29.7 Å². The van der Waals surface area contributed by atoms with Gasteiger partial charge in [-0.2, -0.15) is 0 Å². The second kappa shape index (κ2) is 7.06. The molecule has 1 nitrogen and oxygen atoms in total. The quantitative estimate of drug-likeness (QED) is 0.536. The molecule has 1 aromatic rings. The lowest BCUT2D eigenvalue weighted by atomic mass is 9.63. The van der Waals surface area contributed by atoms with E-state index in [-0.39, 0.29) is 5.92 Å². The molecule has 1 aromatic carbocycles. The third-order valence-electron chi connectivity index (χ3n) is 5.89. The van der Waals surface area contributed by atoms with Crippen LogP contribution >= 0.6 is 0 Å². The number of hydrogen-bond acceptors (Lipinski definition) is 1. The standard InChI is InChI=1S/C19H23F3O/c20-17-10-16(11-18(21)19(17)22)15-6-5-13-8-12(2-1-7-23)3-4-14(13)9-15/h7,10-15H,1-6,8-9H2/t12-,13-,14-,15?/m1/s1. The molecular formula is C19H23F3O. The number of benzene rings is 1. The van der Waals surface area contributed by atoms with Gasteiger partial charge in [-0.25, -0.2) is 13.2 Å². The third kappa shape index (κ3) is 3.61. The van der Waals surface area contributed by atoms with E-state index in [1.807, 2.05) is 0 Å². The lowest BCUT2D eigenvalue weighted by molar-refractivity contribution is -0.108. The Morgan fingerprint density at radius 3 is 2.30 bits per heavy atom. The molecule has 2 aliphatic rings. The van der Waals surface area contributed by atoms with E-state index in [4.69, 9.17) is 0 Å². The van der Waals surface area contributed by atoms with Gasteiger partial charge in [-0.15, -0.1) is 0 Å². The van der Waals surface area contributed by atoms with Crippen LogP contribution in [0.3, 0.4) is 0 Å². The van der Waals surface area contributed by atoms with Gasteiger partial charge in [0, 0.05) is 6.42 Å². The van der Waals surface area contributed by atoms with Crippen molar-refractivity contribution in [2.24, 2.45) is 17.8 Å². The fraction of sp³-hybridized carbons (Fsp3) is 0.632. The molecule has 0 radical (unpaired) electrons. The summed E-state index contributed by atoms with van der Waals surface area (Å²) >= 11 is 0. The van der Waals surface area contributed by atoms with Crippen LogP contribution in [0.4, 0.5) is 13.2 Å². The highest BCUT2D eigenvalue weighted by atomic mass is 19.2. The molecule has 0 amide bonds. The number of fused-ring (bicyclic) bond motifs is 1. The Labute approximate surface area is 135 Å². The summed E-state index contributed by atoms with van der Waals surface area (Å²) in [6.07, 6.45) is 9.02. The molecule has 0 aromatic heterocycles. The molecule has 126 valence electrons. The van der Waals surface area contributed by atoms with Gasteiger partial charge in [-0.3, -0.25) is 0 Å². The highest BCUT2D eigenvalue weighted by molar-refractivity contribution is 5.49. The summed E-state index contributed by atoms with van der Waals surface area (Å²) < 4.78 is 40.0. The maximum absolute atomic E-state index is 13.5. The van der Waals surface area contributed by atoms with Crippen LogP contribution in [-0.2, 0) is 4.79 Å². The summed E-state index contributed by atoms with van der Waals surface area (Å²) in [5.41, 5.74) is 0.600. The minimum atomic E-state index is -1.38. The van der Waals surface area contributed by atoms with Gasteiger partial charge in [0.15, 0.2) is 17.5 Å². The van der Waals surface area contributed by atoms with Crippen LogP contribution in [-0.4, -0.2) is 6.29 Å². The van der Waals surface area contributed by atoms with Gasteiger partial charge in [0.05, 0.1) is 0 Å². The van der Waals surface area contributed by atoms with Crippen LogP contribution in [0.1, 0.15) is 62.8 Å². The summed E-state index contributed by atoms with van der Waals surface area (Å²) in [6, 6.07) is 2.33. The van der Waals surface area contributed by atoms with Gasteiger partial charge in [0.2, 0.25) is 0 Å². The first-order valence-corrected chi connectivity index (χ1v) is 8.66. The van der Waals surface area contributed by atoms with E-state index in [2.05, 4.69) is 0 Å². The van der Waals surface area contributed by atoms with E-state index in [1.54, 1.807) is 0 Å². The fourth-order valence-corrected chi connectivity index (χ4v) is 4.67. The Balaban J connectivity index is 1.64. The molecule has 3 rings (SSSR count). The predicted octanol–water partition coefficient (Wildman–Crippen LogP) is 5.38. The van der Waals surface area contributed by atoms with E-state index in [0.717, 1.165) is 44.8 Å². The number of halogens is 3. The van der Waals surface area contributed by atoms with Gasteiger partial charge < -0.3 is 4.79 Å². The molecule has 1 unspecified atom stereocenters. The molecule has 0 bridgehead atoms. The summed E-state index contributed by atoms with van der Waals surface area (Å²) in [7, 11) is 0. The average Bonchev–Trinajstić information content (AvgIpc) is 2.56. The molecule has 2 aliphatic carbocycles. The van der Waals surface area contributed by atoms with Crippen molar-refractivity contribution in [1.29, 1.82) is 0 Å². The second-order valence-electron chi connectivity index (χ2n) is 7.25. The number of aldehydes is 1.